The molecule has 2 rings (SSSR count). The first kappa shape index (κ1) is 19.9. The summed E-state index contributed by atoms with van der Waals surface area (Å²) in [6.07, 6.45) is -0.407. The SMILES string of the molecule is CC(O)CNCc1cc(Br)ccc1OCc1ccccc1F.Cl. The highest BCUT2D eigenvalue weighted by atomic mass is 79.9. The van der Waals surface area contributed by atoms with Crippen LogP contribution in [0.25, 0.3) is 0 Å². The zero-order chi connectivity index (χ0) is 15.9. The molecule has 2 aromatic carbocycles. The Morgan fingerprint density at radius 2 is 1.96 bits per heavy atom. The minimum Gasteiger partial charge on any atom is -0.488 e. The average molecular weight is 405 g/mol. The predicted octanol–water partition coefficient (Wildman–Crippen LogP) is 4.06. The molecule has 6 heteroatoms. The van der Waals surface area contributed by atoms with E-state index in [4.69, 9.17) is 4.74 Å². The molecule has 0 spiro atoms. The Bertz CT molecular complexity index is 625. The number of aliphatic hydroxyl groups excluding tert-OH is 1. The molecule has 0 radical (unpaired) electrons. The summed E-state index contributed by atoms with van der Waals surface area (Å²) in [5, 5.41) is 12.4. The summed E-state index contributed by atoms with van der Waals surface area (Å²) in [5.74, 6) is 0.429. The maximum atomic E-state index is 13.6. The largest absolute Gasteiger partial charge is 0.488 e. The molecule has 23 heavy (non-hydrogen) atoms. The monoisotopic (exact) mass is 403 g/mol. The molecule has 0 aromatic heterocycles. The lowest BCUT2D eigenvalue weighted by Gasteiger charge is -2.14. The Hall–Kier alpha value is -1.14. The van der Waals surface area contributed by atoms with Crippen LogP contribution in [0.2, 0.25) is 0 Å². The summed E-state index contributed by atoms with van der Waals surface area (Å²) in [6, 6.07) is 12.3. The standard InChI is InChI=1S/C17H19BrFNO2.ClH/c1-12(21)9-20-10-14-8-15(18)6-7-17(14)22-11-13-4-2-3-5-16(13)19;/h2-8,12,20-21H,9-11H2,1H3;1H. The molecule has 2 N–H and O–H groups in total. The second-order valence-corrected chi connectivity index (χ2v) is 6.03. The van der Waals surface area contributed by atoms with Crippen molar-refractivity contribution in [1.29, 1.82) is 0 Å². The third-order valence-electron chi connectivity index (χ3n) is 3.12. The fourth-order valence-electron chi connectivity index (χ4n) is 2.01. The highest BCUT2D eigenvalue weighted by Gasteiger charge is 2.07. The van der Waals surface area contributed by atoms with Crippen LogP contribution in [0.3, 0.4) is 0 Å². The lowest BCUT2D eigenvalue weighted by Crippen LogP contribution is -2.24. The van der Waals surface area contributed by atoms with Gasteiger partial charge < -0.3 is 15.2 Å². The van der Waals surface area contributed by atoms with E-state index >= 15 is 0 Å². The quantitative estimate of drug-likeness (QED) is 0.731. The van der Waals surface area contributed by atoms with Crippen LogP contribution in [0.15, 0.2) is 46.9 Å². The van der Waals surface area contributed by atoms with Gasteiger partial charge in [0.15, 0.2) is 0 Å². The summed E-state index contributed by atoms with van der Waals surface area (Å²) in [4.78, 5) is 0. The summed E-state index contributed by atoms with van der Waals surface area (Å²) >= 11 is 3.43. The molecule has 0 aliphatic rings. The maximum Gasteiger partial charge on any atom is 0.129 e. The molecule has 3 nitrogen and oxygen atoms in total. The Kier molecular flexibility index (Phi) is 8.55. The molecule has 0 bridgehead atoms. The van der Waals surface area contributed by atoms with Crippen molar-refractivity contribution in [3.63, 3.8) is 0 Å². The number of halogens is 3. The van der Waals surface area contributed by atoms with Crippen LogP contribution < -0.4 is 10.1 Å². The van der Waals surface area contributed by atoms with Crippen LogP contribution in [0, 0.1) is 5.82 Å². The van der Waals surface area contributed by atoms with Gasteiger partial charge in [-0.1, -0.05) is 34.1 Å². The number of ether oxygens (including phenoxy) is 1. The lowest BCUT2D eigenvalue weighted by atomic mass is 10.2. The fourth-order valence-corrected chi connectivity index (χ4v) is 2.42. The van der Waals surface area contributed by atoms with Crippen LogP contribution in [0.5, 0.6) is 5.75 Å². The third-order valence-corrected chi connectivity index (χ3v) is 3.61. The summed E-state index contributed by atoms with van der Waals surface area (Å²) in [5.41, 5.74) is 1.47. The van der Waals surface area contributed by atoms with Gasteiger partial charge in [0.1, 0.15) is 18.2 Å². The van der Waals surface area contributed by atoms with Crippen LogP contribution in [-0.2, 0) is 13.2 Å². The second-order valence-electron chi connectivity index (χ2n) is 5.11. The van der Waals surface area contributed by atoms with Crippen molar-refractivity contribution in [3.8, 4) is 5.75 Å². The van der Waals surface area contributed by atoms with Crippen molar-refractivity contribution in [1.82, 2.24) is 5.32 Å². The van der Waals surface area contributed by atoms with E-state index in [9.17, 15) is 9.50 Å². The molecule has 0 heterocycles. The van der Waals surface area contributed by atoms with Gasteiger partial charge in [-0.25, -0.2) is 4.39 Å². The Balaban J connectivity index is 0.00000264. The first-order chi connectivity index (χ1) is 10.6. The third kappa shape index (κ3) is 6.47. The zero-order valence-electron chi connectivity index (χ0n) is 12.8. The normalized spacial score (nSPS) is 11.7. The number of nitrogens with one attached hydrogen (secondary N) is 1. The van der Waals surface area contributed by atoms with Gasteiger partial charge >= 0.3 is 0 Å². The smallest absolute Gasteiger partial charge is 0.129 e. The number of hydrogen-bond donors (Lipinski definition) is 2. The van der Waals surface area contributed by atoms with E-state index in [1.807, 2.05) is 18.2 Å². The summed E-state index contributed by atoms with van der Waals surface area (Å²) < 4.78 is 20.3. The molecule has 0 aliphatic carbocycles. The first-order valence-electron chi connectivity index (χ1n) is 7.09. The Morgan fingerprint density at radius 3 is 2.65 bits per heavy atom. The maximum absolute atomic E-state index is 13.6. The highest BCUT2D eigenvalue weighted by Crippen LogP contribution is 2.24. The van der Waals surface area contributed by atoms with Gasteiger partial charge in [0, 0.05) is 28.7 Å². The number of benzene rings is 2. The first-order valence-corrected chi connectivity index (χ1v) is 7.89. The van der Waals surface area contributed by atoms with Crippen molar-refractivity contribution in [3.05, 3.63) is 63.9 Å². The van der Waals surface area contributed by atoms with Gasteiger partial charge in [-0.2, -0.15) is 0 Å². The van der Waals surface area contributed by atoms with E-state index in [1.54, 1.807) is 25.1 Å². The number of hydrogen-bond acceptors (Lipinski definition) is 3. The van der Waals surface area contributed by atoms with E-state index in [-0.39, 0.29) is 24.8 Å². The van der Waals surface area contributed by atoms with Crippen LogP contribution in [0.1, 0.15) is 18.1 Å². The molecule has 2 aromatic rings. The van der Waals surface area contributed by atoms with Crippen molar-refractivity contribution in [2.75, 3.05) is 6.54 Å². The fraction of sp³-hybridized carbons (Fsp3) is 0.294. The van der Waals surface area contributed by atoms with E-state index in [2.05, 4.69) is 21.2 Å². The van der Waals surface area contributed by atoms with Crippen LogP contribution in [-0.4, -0.2) is 17.8 Å². The lowest BCUT2D eigenvalue weighted by molar-refractivity contribution is 0.190. The van der Waals surface area contributed by atoms with Crippen molar-refractivity contribution < 1.29 is 14.2 Å². The van der Waals surface area contributed by atoms with E-state index < -0.39 is 6.10 Å². The molecule has 126 valence electrons. The summed E-state index contributed by atoms with van der Waals surface area (Å²) in [6.45, 7) is 2.97. The average Bonchev–Trinajstić information content (AvgIpc) is 2.47. The van der Waals surface area contributed by atoms with E-state index in [0.717, 1.165) is 10.0 Å². The Labute approximate surface area is 150 Å². The van der Waals surface area contributed by atoms with Gasteiger partial charge in [-0.3, -0.25) is 0 Å². The van der Waals surface area contributed by atoms with Crippen molar-refractivity contribution in [2.24, 2.45) is 0 Å². The number of aliphatic hydroxyl groups is 1. The van der Waals surface area contributed by atoms with Gasteiger partial charge in [-0.05, 0) is 31.2 Å². The van der Waals surface area contributed by atoms with Gasteiger partial charge in [0.2, 0.25) is 0 Å². The minimum atomic E-state index is -0.407. The highest BCUT2D eigenvalue weighted by molar-refractivity contribution is 9.10. The molecule has 0 amide bonds. The van der Waals surface area contributed by atoms with Gasteiger partial charge in [0.25, 0.3) is 0 Å². The van der Waals surface area contributed by atoms with Crippen LogP contribution in [0.4, 0.5) is 4.39 Å². The van der Waals surface area contributed by atoms with Crippen molar-refractivity contribution >= 4 is 28.3 Å². The van der Waals surface area contributed by atoms with Gasteiger partial charge in [0.05, 0.1) is 6.10 Å². The van der Waals surface area contributed by atoms with Crippen LogP contribution >= 0.6 is 28.3 Å². The summed E-state index contributed by atoms with van der Waals surface area (Å²) in [7, 11) is 0. The molecule has 1 atom stereocenters. The Morgan fingerprint density at radius 1 is 1.22 bits per heavy atom. The number of rotatable bonds is 7. The molecule has 0 saturated carbocycles. The van der Waals surface area contributed by atoms with E-state index in [0.29, 0.717) is 24.4 Å². The zero-order valence-corrected chi connectivity index (χ0v) is 15.2. The molecule has 0 aliphatic heterocycles. The topological polar surface area (TPSA) is 41.5 Å². The molecule has 0 saturated heterocycles. The predicted molar refractivity (Wildman–Crippen MR) is 95.5 cm³/mol. The van der Waals surface area contributed by atoms with Crippen molar-refractivity contribution in [2.45, 2.75) is 26.2 Å². The molecule has 1 unspecified atom stereocenters. The van der Waals surface area contributed by atoms with E-state index in [1.165, 1.54) is 6.07 Å². The van der Waals surface area contributed by atoms with Gasteiger partial charge in [-0.15, -0.1) is 12.4 Å². The molecule has 0 fully saturated rings. The molecular weight excluding hydrogens is 385 g/mol. The second kappa shape index (κ2) is 9.88. The minimum absolute atomic E-state index is 0. The molecular formula is C17H20BrClFNO2.